The average molecular weight is 571 g/mol. The first-order valence-electron chi connectivity index (χ1n) is 15.5. The molecule has 1 heterocycles. The SMILES string of the molecule is c1ccc(-c2c3c(c(-c4ccccc4)c4ccccc24)-c2ccc(-c4cccc5c4oc4ccccc45)c4cccc-3c24)cc1. The van der Waals surface area contributed by atoms with Crippen molar-refractivity contribution in [1.82, 2.24) is 0 Å². The Morgan fingerprint density at radius 1 is 0.289 bits per heavy atom. The van der Waals surface area contributed by atoms with Gasteiger partial charge in [0.2, 0.25) is 0 Å². The van der Waals surface area contributed by atoms with E-state index in [1.165, 1.54) is 71.6 Å². The lowest BCUT2D eigenvalue weighted by Gasteiger charge is -2.20. The molecule has 1 heteroatoms. The molecule has 10 rings (SSSR count). The van der Waals surface area contributed by atoms with Gasteiger partial charge in [-0.3, -0.25) is 0 Å². The first kappa shape index (κ1) is 24.5. The summed E-state index contributed by atoms with van der Waals surface area (Å²) in [7, 11) is 0. The van der Waals surface area contributed by atoms with Gasteiger partial charge in [-0.05, 0) is 77.7 Å². The van der Waals surface area contributed by atoms with E-state index in [0.717, 1.165) is 27.5 Å². The number of rotatable bonds is 3. The highest BCUT2D eigenvalue weighted by molar-refractivity contribution is 6.29. The van der Waals surface area contributed by atoms with Crippen LogP contribution in [-0.4, -0.2) is 0 Å². The average Bonchev–Trinajstić information content (AvgIpc) is 3.65. The molecule has 0 aliphatic heterocycles. The predicted molar refractivity (Wildman–Crippen MR) is 189 cm³/mol. The molecule has 45 heavy (non-hydrogen) atoms. The van der Waals surface area contributed by atoms with Crippen molar-refractivity contribution < 1.29 is 4.42 Å². The van der Waals surface area contributed by atoms with E-state index in [2.05, 4.69) is 152 Å². The first-order valence-corrected chi connectivity index (χ1v) is 15.5. The third kappa shape index (κ3) is 3.38. The van der Waals surface area contributed by atoms with Crippen molar-refractivity contribution in [3.05, 3.63) is 158 Å². The lowest BCUT2D eigenvalue weighted by atomic mass is 9.82. The first-order chi connectivity index (χ1) is 22.4. The monoisotopic (exact) mass is 570 g/mol. The Kier molecular flexibility index (Phi) is 5.06. The van der Waals surface area contributed by atoms with E-state index in [0.29, 0.717) is 0 Å². The molecule has 1 aromatic heterocycles. The summed E-state index contributed by atoms with van der Waals surface area (Å²) in [5.74, 6) is 0. The van der Waals surface area contributed by atoms with Crippen LogP contribution in [0.3, 0.4) is 0 Å². The quantitative estimate of drug-likeness (QED) is 0.206. The van der Waals surface area contributed by atoms with Crippen molar-refractivity contribution in [2.45, 2.75) is 0 Å². The van der Waals surface area contributed by atoms with E-state index in [1.54, 1.807) is 0 Å². The molecule has 0 unspecified atom stereocenters. The lowest BCUT2D eigenvalue weighted by molar-refractivity contribution is 0.670. The number of fused-ring (bicyclic) bond motifs is 7. The summed E-state index contributed by atoms with van der Waals surface area (Å²) in [6.07, 6.45) is 0. The van der Waals surface area contributed by atoms with E-state index in [9.17, 15) is 0 Å². The van der Waals surface area contributed by atoms with Crippen molar-refractivity contribution >= 4 is 43.5 Å². The second-order valence-corrected chi connectivity index (χ2v) is 11.9. The molecule has 1 aliphatic rings. The van der Waals surface area contributed by atoms with Crippen LogP contribution in [0.5, 0.6) is 0 Å². The number of hydrogen-bond donors (Lipinski definition) is 0. The Balaban J connectivity index is 1.36. The van der Waals surface area contributed by atoms with Crippen LogP contribution in [0.2, 0.25) is 0 Å². The summed E-state index contributed by atoms with van der Waals surface area (Å²) in [5, 5.41) is 7.41. The fraction of sp³-hybridized carbons (Fsp3) is 0. The highest BCUT2D eigenvalue weighted by Crippen LogP contribution is 2.58. The zero-order valence-corrected chi connectivity index (χ0v) is 24.4. The van der Waals surface area contributed by atoms with Gasteiger partial charge in [-0.15, -0.1) is 0 Å². The van der Waals surface area contributed by atoms with Gasteiger partial charge in [0, 0.05) is 16.3 Å². The standard InChI is InChI=1S/C44H26O/c1-3-13-27(14-4-1)39-32-18-7-8-19-33(32)40(28-15-5-2-6-16-28)43-37-26-25-29(31-20-11-23-36(41(31)37)42(39)43)34-21-12-22-35-30-17-9-10-24-38(30)45-44(34)35/h1-26H. The predicted octanol–water partition coefficient (Wildman–Crippen LogP) is 12.5. The summed E-state index contributed by atoms with van der Waals surface area (Å²) in [6.45, 7) is 0. The molecule has 1 nitrogen and oxygen atoms in total. The highest BCUT2D eigenvalue weighted by atomic mass is 16.3. The maximum atomic E-state index is 6.53. The summed E-state index contributed by atoms with van der Waals surface area (Å²) in [4.78, 5) is 0. The zero-order chi connectivity index (χ0) is 29.5. The molecular weight excluding hydrogens is 544 g/mol. The summed E-state index contributed by atoms with van der Waals surface area (Å²) in [6, 6.07) is 57.1. The fourth-order valence-electron chi connectivity index (χ4n) is 7.80. The van der Waals surface area contributed by atoms with Crippen molar-refractivity contribution in [1.29, 1.82) is 0 Å². The van der Waals surface area contributed by atoms with Crippen molar-refractivity contribution in [2.75, 3.05) is 0 Å². The van der Waals surface area contributed by atoms with Gasteiger partial charge >= 0.3 is 0 Å². The molecule has 8 aromatic carbocycles. The summed E-state index contributed by atoms with van der Waals surface area (Å²) < 4.78 is 6.53. The number of para-hydroxylation sites is 2. The van der Waals surface area contributed by atoms with Crippen LogP contribution in [0.4, 0.5) is 0 Å². The van der Waals surface area contributed by atoms with Gasteiger partial charge in [0.15, 0.2) is 0 Å². The smallest absolute Gasteiger partial charge is 0.143 e. The molecule has 0 bridgehead atoms. The number of hydrogen-bond acceptors (Lipinski definition) is 1. The van der Waals surface area contributed by atoms with Crippen LogP contribution in [0, 0.1) is 0 Å². The minimum Gasteiger partial charge on any atom is -0.455 e. The van der Waals surface area contributed by atoms with E-state index >= 15 is 0 Å². The third-order valence-electron chi connectivity index (χ3n) is 9.61. The molecular formula is C44H26O. The molecule has 208 valence electrons. The zero-order valence-electron chi connectivity index (χ0n) is 24.4. The molecule has 0 fully saturated rings. The van der Waals surface area contributed by atoms with Crippen LogP contribution in [0.15, 0.2) is 162 Å². The van der Waals surface area contributed by atoms with Crippen LogP contribution in [0.1, 0.15) is 0 Å². The van der Waals surface area contributed by atoms with E-state index in [1.807, 2.05) is 6.07 Å². The Hall–Kier alpha value is -5.92. The van der Waals surface area contributed by atoms with Crippen LogP contribution in [-0.2, 0) is 0 Å². The molecule has 0 saturated heterocycles. The highest BCUT2D eigenvalue weighted by Gasteiger charge is 2.31. The normalized spacial score (nSPS) is 12.0. The van der Waals surface area contributed by atoms with Gasteiger partial charge in [0.05, 0.1) is 0 Å². The van der Waals surface area contributed by atoms with E-state index in [4.69, 9.17) is 4.42 Å². The third-order valence-corrected chi connectivity index (χ3v) is 9.61. The lowest BCUT2D eigenvalue weighted by Crippen LogP contribution is -1.93. The number of furan rings is 1. The maximum absolute atomic E-state index is 6.53. The Labute approximate surface area is 260 Å². The second-order valence-electron chi connectivity index (χ2n) is 11.9. The second kappa shape index (κ2) is 9.29. The molecule has 9 aromatic rings. The van der Waals surface area contributed by atoms with Gasteiger partial charge in [-0.2, -0.15) is 0 Å². The molecule has 0 amide bonds. The van der Waals surface area contributed by atoms with Crippen molar-refractivity contribution in [3.63, 3.8) is 0 Å². The number of benzene rings is 8. The maximum Gasteiger partial charge on any atom is 0.143 e. The van der Waals surface area contributed by atoms with Gasteiger partial charge in [0.25, 0.3) is 0 Å². The minimum atomic E-state index is 0.921. The topological polar surface area (TPSA) is 13.1 Å². The molecule has 0 atom stereocenters. The minimum absolute atomic E-state index is 0.921. The van der Waals surface area contributed by atoms with Crippen LogP contribution >= 0.6 is 0 Å². The summed E-state index contributed by atoms with van der Waals surface area (Å²) >= 11 is 0. The van der Waals surface area contributed by atoms with Crippen molar-refractivity contribution in [3.8, 4) is 55.6 Å². The Bertz CT molecular complexity index is 2530. The van der Waals surface area contributed by atoms with Gasteiger partial charge in [-0.25, -0.2) is 0 Å². The largest absolute Gasteiger partial charge is 0.455 e. The van der Waals surface area contributed by atoms with E-state index in [-0.39, 0.29) is 0 Å². The van der Waals surface area contributed by atoms with Gasteiger partial charge < -0.3 is 4.42 Å². The van der Waals surface area contributed by atoms with Crippen LogP contribution < -0.4 is 0 Å². The van der Waals surface area contributed by atoms with Crippen LogP contribution in [0.25, 0.3) is 99.1 Å². The van der Waals surface area contributed by atoms with Gasteiger partial charge in [0.1, 0.15) is 11.2 Å². The Morgan fingerprint density at radius 2 is 0.778 bits per heavy atom. The fourth-order valence-corrected chi connectivity index (χ4v) is 7.80. The molecule has 0 saturated carbocycles. The van der Waals surface area contributed by atoms with Gasteiger partial charge in [-0.1, -0.05) is 152 Å². The van der Waals surface area contributed by atoms with E-state index < -0.39 is 0 Å². The molecule has 0 N–H and O–H groups in total. The molecule has 1 aliphatic carbocycles. The molecule has 0 spiro atoms. The molecule has 0 radical (unpaired) electrons. The Morgan fingerprint density at radius 3 is 1.44 bits per heavy atom. The van der Waals surface area contributed by atoms with Crippen molar-refractivity contribution in [2.24, 2.45) is 0 Å². The summed E-state index contributed by atoms with van der Waals surface area (Å²) in [5.41, 5.74) is 14.5.